The minimum Gasteiger partial charge on any atom is -0.233 e. The van der Waals surface area contributed by atoms with Gasteiger partial charge in [0, 0.05) is 17.0 Å². The molecule has 0 atom stereocenters. The monoisotopic (exact) mass is 296 g/mol. The SMILES string of the molecule is CCc1nc(Br)cc(-c2cccc(Cl)c2)n1. The van der Waals surface area contributed by atoms with Crippen LogP contribution in [0.5, 0.6) is 0 Å². The second-order valence-electron chi connectivity index (χ2n) is 3.36. The number of hydrogen-bond donors (Lipinski definition) is 0. The predicted octanol–water partition coefficient (Wildman–Crippen LogP) is 4.12. The Labute approximate surface area is 108 Å². The summed E-state index contributed by atoms with van der Waals surface area (Å²) in [5, 5.41) is 0.713. The number of hydrogen-bond acceptors (Lipinski definition) is 2. The fourth-order valence-corrected chi connectivity index (χ4v) is 2.03. The number of aryl methyl sites for hydroxylation is 1. The van der Waals surface area contributed by atoms with Gasteiger partial charge in [0.1, 0.15) is 10.4 Å². The molecule has 2 aromatic rings. The molecule has 0 amide bonds. The molecule has 4 heteroatoms. The lowest BCUT2D eigenvalue weighted by Crippen LogP contribution is -1.95. The fraction of sp³-hybridized carbons (Fsp3) is 0.167. The van der Waals surface area contributed by atoms with E-state index >= 15 is 0 Å². The van der Waals surface area contributed by atoms with E-state index in [2.05, 4.69) is 25.9 Å². The smallest absolute Gasteiger partial charge is 0.130 e. The zero-order valence-corrected chi connectivity index (χ0v) is 11.1. The highest BCUT2D eigenvalue weighted by Gasteiger charge is 2.04. The van der Waals surface area contributed by atoms with E-state index in [4.69, 9.17) is 11.6 Å². The molecular formula is C12H10BrClN2. The van der Waals surface area contributed by atoms with Gasteiger partial charge in [0.15, 0.2) is 0 Å². The Kier molecular flexibility index (Phi) is 3.56. The standard InChI is InChI=1S/C12H10BrClN2/c1-2-12-15-10(7-11(13)16-12)8-4-3-5-9(14)6-8/h3-7H,2H2,1H3. The van der Waals surface area contributed by atoms with Crippen LogP contribution < -0.4 is 0 Å². The van der Waals surface area contributed by atoms with Crippen LogP contribution in [0.25, 0.3) is 11.3 Å². The zero-order chi connectivity index (χ0) is 11.5. The average molecular weight is 298 g/mol. The molecular weight excluding hydrogens is 288 g/mol. The third-order valence-corrected chi connectivity index (χ3v) is 2.82. The third-order valence-electron chi connectivity index (χ3n) is 2.18. The largest absolute Gasteiger partial charge is 0.233 e. The van der Waals surface area contributed by atoms with Gasteiger partial charge < -0.3 is 0 Å². The number of benzene rings is 1. The molecule has 0 aliphatic heterocycles. The first-order valence-corrected chi connectivity index (χ1v) is 6.15. The van der Waals surface area contributed by atoms with Gasteiger partial charge in [-0.05, 0) is 34.1 Å². The van der Waals surface area contributed by atoms with Crippen LogP contribution in [0.4, 0.5) is 0 Å². The van der Waals surface area contributed by atoms with Gasteiger partial charge in [-0.3, -0.25) is 0 Å². The van der Waals surface area contributed by atoms with Crippen molar-refractivity contribution in [3.05, 3.63) is 45.8 Å². The molecule has 2 rings (SSSR count). The normalized spacial score (nSPS) is 10.4. The summed E-state index contributed by atoms with van der Waals surface area (Å²) in [5.74, 6) is 0.823. The van der Waals surface area contributed by atoms with Crippen molar-refractivity contribution in [1.29, 1.82) is 0 Å². The first kappa shape index (κ1) is 11.6. The highest BCUT2D eigenvalue weighted by molar-refractivity contribution is 9.10. The Bertz CT molecular complexity index is 514. The van der Waals surface area contributed by atoms with Crippen molar-refractivity contribution in [3.8, 4) is 11.3 Å². The van der Waals surface area contributed by atoms with Crippen molar-refractivity contribution in [2.45, 2.75) is 13.3 Å². The van der Waals surface area contributed by atoms with Gasteiger partial charge >= 0.3 is 0 Å². The lowest BCUT2D eigenvalue weighted by Gasteiger charge is -2.04. The molecule has 0 bridgehead atoms. The second kappa shape index (κ2) is 4.93. The van der Waals surface area contributed by atoms with Crippen molar-refractivity contribution in [1.82, 2.24) is 9.97 Å². The molecule has 1 heterocycles. The maximum Gasteiger partial charge on any atom is 0.130 e. The Morgan fingerprint density at radius 1 is 1.25 bits per heavy atom. The highest BCUT2D eigenvalue weighted by Crippen LogP contribution is 2.23. The second-order valence-corrected chi connectivity index (χ2v) is 4.60. The lowest BCUT2D eigenvalue weighted by molar-refractivity contribution is 0.931. The molecule has 0 unspecified atom stereocenters. The number of aromatic nitrogens is 2. The van der Waals surface area contributed by atoms with Gasteiger partial charge in [0.2, 0.25) is 0 Å². The van der Waals surface area contributed by atoms with Crippen molar-refractivity contribution in [2.75, 3.05) is 0 Å². The maximum atomic E-state index is 5.95. The van der Waals surface area contributed by atoms with Gasteiger partial charge in [-0.15, -0.1) is 0 Å². The van der Waals surface area contributed by atoms with Crippen molar-refractivity contribution in [3.63, 3.8) is 0 Å². The summed E-state index contributed by atoms with van der Waals surface area (Å²) in [6.07, 6.45) is 0.813. The first-order valence-electron chi connectivity index (χ1n) is 4.98. The molecule has 0 aliphatic rings. The fourth-order valence-electron chi connectivity index (χ4n) is 1.42. The summed E-state index contributed by atoms with van der Waals surface area (Å²) >= 11 is 9.34. The number of rotatable bonds is 2. The minimum absolute atomic E-state index is 0.713. The van der Waals surface area contributed by atoms with Gasteiger partial charge in [-0.1, -0.05) is 30.7 Å². The molecule has 1 aromatic carbocycles. The van der Waals surface area contributed by atoms with Crippen LogP contribution in [0.3, 0.4) is 0 Å². The van der Waals surface area contributed by atoms with Crippen molar-refractivity contribution >= 4 is 27.5 Å². The van der Waals surface area contributed by atoms with Crippen LogP contribution in [0, 0.1) is 0 Å². The third kappa shape index (κ3) is 2.60. The predicted molar refractivity (Wildman–Crippen MR) is 69.6 cm³/mol. The average Bonchev–Trinajstić information content (AvgIpc) is 2.28. The Morgan fingerprint density at radius 2 is 2.06 bits per heavy atom. The van der Waals surface area contributed by atoms with E-state index in [0.29, 0.717) is 5.02 Å². The highest BCUT2D eigenvalue weighted by atomic mass is 79.9. The molecule has 0 spiro atoms. The summed E-state index contributed by atoms with van der Waals surface area (Å²) in [5.41, 5.74) is 1.89. The molecule has 0 N–H and O–H groups in total. The number of nitrogens with zero attached hydrogens (tertiary/aromatic N) is 2. The van der Waals surface area contributed by atoms with E-state index in [-0.39, 0.29) is 0 Å². The first-order chi connectivity index (χ1) is 7.69. The van der Waals surface area contributed by atoms with Gasteiger partial charge in [0.25, 0.3) is 0 Å². The summed E-state index contributed by atoms with van der Waals surface area (Å²) in [4.78, 5) is 8.74. The molecule has 0 saturated heterocycles. The van der Waals surface area contributed by atoms with Crippen molar-refractivity contribution in [2.24, 2.45) is 0 Å². The molecule has 0 fully saturated rings. The molecule has 1 aromatic heterocycles. The van der Waals surface area contributed by atoms with Gasteiger partial charge in [-0.2, -0.15) is 0 Å². The quantitative estimate of drug-likeness (QED) is 0.779. The van der Waals surface area contributed by atoms with Crippen LogP contribution in [0.15, 0.2) is 34.9 Å². The molecule has 0 radical (unpaired) electrons. The van der Waals surface area contributed by atoms with E-state index < -0.39 is 0 Å². The topological polar surface area (TPSA) is 25.8 Å². The summed E-state index contributed by atoms with van der Waals surface area (Å²) in [6.45, 7) is 2.03. The van der Waals surface area contributed by atoms with E-state index in [1.165, 1.54) is 0 Å². The van der Waals surface area contributed by atoms with Gasteiger partial charge in [-0.25, -0.2) is 9.97 Å². The van der Waals surface area contributed by atoms with Crippen LogP contribution in [-0.4, -0.2) is 9.97 Å². The Balaban J connectivity index is 2.51. The van der Waals surface area contributed by atoms with Crippen LogP contribution in [-0.2, 0) is 6.42 Å². The van der Waals surface area contributed by atoms with Crippen LogP contribution in [0.1, 0.15) is 12.7 Å². The van der Waals surface area contributed by atoms with E-state index in [9.17, 15) is 0 Å². The van der Waals surface area contributed by atoms with E-state index in [1.807, 2.05) is 37.3 Å². The van der Waals surface area contributed by atoms with Crippen LogP contribution >= 0.6 is 27.5 Å². The molecule has 0 aliphatic carbocycles. The van der Waals surface area contributed by atoms with Crippen LogP contribution in [0.2, 0.25) is 5.02 Å². The van der Waals surface area contributed by atoms with Gasteiger partial charge in [0.05, 0.1) is 5.69 Å². The number of halogens is 2. The maximum absolute atomic E-state index is 5.95. The Morgan fingerprint density at radius 3 is 2.75 bits per heavy atom. The van der Waals surface area contributed by atoms with E-state index in [0.717, 1.165) is 28.1 Å². The molecule has 16 heavy (non-hydrogen) atoms. The summed E-state index contributed by atoms with van der Waals surface area (Å²) in [7, 11) is 0. The summed E-state index contributed by atoms with van der Waals surface area (Å²) < 4.78 is 0.800. The summed E-state index contributed by atoms with van der Waals surface area (Å²) in [6, 6.07) is 9.54. The minimum atomic E-state index is 0.713. The van der Waals surface area contributed by atoms with E-state index in [1.54, 1.807) is 0 Å². The molecule has 82 valence electrons. The Hall–Kier alpha value is -0.930. The zero-order valence-electron chi connectivity index (χ0n) is 8.74. The van der Waals surface area contributed by atoms with Crippen molar-refractivity contribution < 1.29 is 0 Å². The molecule has 0 saturated carbocycles. The lowest BCUT2D eigenvalue weighted by atomic mass is 10.1. The molecule has 2 nitrogen and oxygen atoms in total.